The highest BCUT2D eigenvalue weighted by Gasteiger charge is 2.35. The van der Waals surface area contributed by atoms with E-state index in [-0.39, 0.29) is 11.7 Å². The Morgan fingerprint density at radius 2 is 1.87 bits per heavy atom. The van der Waals surface area contributed by atoms with Gasteiger partial charge in [0.15, 0.2) is 0 Å². The van der Waals surface area contributed by atoms with E-state index < -0.39 is 6.36 Å². The van der Waals surface area contributed by atoms with Crippen LogP contribution in [0.2, 0.25) is 5.02 Å². The van der Waals surface area contributed by atoms with Crippen LogP contribution in [-0.4, -0.2) is 81.8 Å². The molecule has 2 saturated heterocycles. The molecule has 1 aromatic carbocycles. The summed E-state index contributed by atoms with van der Waals surface area (Å²) in [5, 5.41) is 0.594. The highest BCUT2D eigenvalue weighted by molar-refractivity contribution is 6.33. The monoisotopic (exact) mass is 562 g/mol. The van der Waals surface area contributed by atoms with Crippen molar-refractivity contribution in [2.45, 2.75) is 44.6 Å². The lowest BCUT2D eigenvalue weighted by Crippen LogP contribution is -2.58. The Bertz CT molecular complexity index is 1260. The van der Waals surface area contributed by atoms with Crippen molar-refractivity contribution in [2.24, 2.45) is 0 Å². The molecule has 0 spiro atoms. The predicted octanol–water partition coefficient (Wildman–Crippen LogP) is 5.23. The lowest BCUT2D eigenvalue weighted by molar-refractivity contribution is -0.274. The molecule has 0 saturated carbocycles. The molecular formula is C27H30ClF3N6O2. The van der Waals surface area contributed by atoms with Gasteiger partial charge in [-0.05, 0) is 49.6 Å². The number of imidazole rings is 1. The Balaban J connectivity index is 1.17. The molecule has 0 aliphatic carbocycles. The van der Waals surface area contributed by atoms with Crippen LogP contribution in [0, 0.1) is 0 Å². The van der Waals surface area contributed by atoms with E-state index in [1.807, 2.05) is 6.07 Å². The molecule has 12 heteroatoms. The number of alkyl halides is 3. The smallest absolute Gasteiger partial charge is 0.406 e. The van der Waals surface area contributed by atoms with Crippen molar-refractivity contribution in [3.8, 4) is 17.1 Å². The summed E-state index contributed by atoms with van der Waals surface area (Å²) in [6.45, 7) is 5.87. The normalized spacial score (nSPS) is 19.4. The molecule has 2 aliphatic heterocycles. The zero-order valence-corrected chi connectivity index (χ0v) is 22.3. The number of piperazine rings is 1. The third-order valence-corrected chi connectivity index (χ3v) is 7.73. The number of nitrogens with one attached hydrogen (secondary N) is 1. The molecule has 1 atom stereocenters. The SMILES string of the molecule is CC[C@H]1CN(c2ncc(-c3ncc[nH]3)cc2Cl)CCN1C1CCN(C(=O)c2ccc(OC(F)(F)F)cc2)CC1. The number of ether oxygens (including phenoxy) is 1. The first kappa shape index (κ1) is 27.3. The van der Waals surface area contributed by atoms with Gasteiger partial charge in [-0.3, -0.25) is 9.69 Å². The number of amides is 1. The van der Waals surface area contributed by atoms with Gasteiger partial charge in [-0.2, -0.15) is 0 Å². The van der Waals surface area contributed by atoms with E-state index >= 15 is 0 Å². The fourth-order valence-electron chi connectivity index (χ4n) is 5.50. The predicted molar refractivity (Wildman–Crippen MR) is 142 cm³/mol. The van der Waals surface area contributed by atoms with Gasteiger partial charge < -0.3 is 19.5 Å². The zero-order valence-electron chi connectivity index (χ0n) is 21.5. The van der Waals surface area contributed by atoms with Crippen LogP contribution in [0.25, 0.3) is 11.4 Å². The third-order valence-electron chi connectivity index (χ3n) is 7.45. The first-order valence-electron chi connectivity index (χ1n) is 13.0. The Morgan fingerprint density at radius 1 is 1.13 bits per heavy atom. The first-order valence-corrected chi connectivity index (χ1v) is 13.4. The average molecular weight is 563 g/mol. The van der Waals surface area contributed by atoms with Gasteiger partial charge in [-0.15, -0.1) is 13.2 Å². The summed E-state index contributed by atoms with van der Waals surface area (Å²) in [7, 11) is 0. The van der Waals surface area contributed by atoms with Crippen molar-refractivity contribution in [1.29, 1.82) is 0 Å². The number of rotatable bonds is 6. The maximum absolute atomic E-state index is 12.9. The van der Waals surface area contributed by atoms with Crippen LogP contribution in [0.5, 0.6) is 5.75 Å². The van der Waals surface area contributed by atoms with Crippen LogP contribution >= 0.6 is 11.6 Å². The molecule has 39 heavy (non-hydrogen) atoms. The van der Waals surface area contributed by atoms with Crippen LogP contribution < -0.4 is 9.64 Å². The Labute approximate surface area is 229 Å². The van der Waals surface area contributed by atoms with Gasteiger partial charge in [0.25, 0.3) is 5.91 Å². The molecule has 1 amide bonds. The number of hydrogen-bond donors (Lipinski definition) is 1. The number of halogens is 4. The summed E-state index contributed by atoms with van der Waals surface area (Å²) < 4.78 is 41.1. The van der Waals surface area contributed by atoms with Gasteiger partial charge in [0.1, 0.15) is 17.4 Å². The summed E-state index contributed by atoms with van der Waals surface area (Å²) in [5.41, 5.74) is 1.19. The number of pyridine rings is 1. The number of anilines is 1. The van der Waals surface area contributed by atoms with Crippen molar-refractivity contribution in [3.05, 3.63) is 59.5 Å². The fourth-order valence-corrected chi connectivity index (χ4v) is 5.79. The second-order valence-electron chi connectivity index (χ2n) is 9.81. The number of H-pyrrole nitrogens is 1. The maximum Gasteiger partial charge on any atom is 0.573 e. The highest BCUT2D eigenvalue weighted by atomic mass is 35.5. The summed E-state index contributed by atoms with van der Waals surface area (Å²) in [5.74, 6) is 0.983. The fraction of sp³-hybridized carbons (Fsp3) is 0.444. The first-order chi connectivity index (χ1) is 18.7. The molecule has 0 bridgehead atoms. The summed E-state index contributed by atoms with van der Waals surface area (Å²) >= 11 is 6.63. The number of carbonyl (C=O) groups excluding carboxylic acids is 1. The van der Waals surface area contributed by atoms with Gasteiger partial charge in [0.05, 0.1) is 5.02 Å². The summed E-state index contributed by atoms with van der Waals surface area (Å²) in [6, 6.07) is 7.67. The number of likely N-dealkylation sites (tertiary alicyclic amines) is 1. The minimum Gasteiger partial charge on any atom is -0.406 e. The van der Waals surface area contributed by atoms with Crippen molar-refractivity contribution in [1.82, 2.24) is 24.8 Å². The van der Waals surface area contributed by atoms with Crippen LogP contribution in [0.15, 0.2) is 48.9 Å². The summed E-state index contributed by atoms with van der Waals surface area (Å²) in [4.78, 5) is 31.5. The largest absolute Gasteiger partial charge is 0.573 e. The minimum atomic E-state index is -4.76. The quantitative estimate of drug-likeness (QED) is 0.443. The van der Waals surface area contributed by atoms with Crippen LogP contribution in [0.3, 0.4) is 0 Å². The highest BCUT2D eigenvalue weighted by Crippen LogP contribution is 2.31. The molecule has 0 unspecified atom stereocenters. The molecule has 1 N–H and O–H groups in total. The van der Waals surface area contributed by atoms with Gasteiger partial charge in [-0.25, -0.2) is 9.97 Å². The number of hydrogen-bond acceptors (Lipinski definition) is 6. The van der Waals surface area contributed by atoms with Crippen LogP contribution in [0.1, 0.15) is 36.5 Å². The molecule has 5 rings (SSSR count). The number of aromatic nitrogens is 3. The van der Waals surface area contributed by atoms with E-state index in [0.717, 1.165) is 56.1 Å². The number of benzene rings is 1. The summed E-state index contributed by atoms with van der Waals surface area (Å²) in [6.07, 6.45) is 3.14. The van der Waals surface area contributed by atoms with E-state index in [2.05, 4.69) is 36.4 Å². The van der Waals surface area contributed by atoms with Crippen molar-refractivity contribution >= 4 is 23.3 Å². The van der Waals surface area contributed by atoms with Gasteiger partial charge in [-0.1, -0.05) is 18.5 Å². The minimum absolute atomic E-state index is 0.178. The van der Waals surface area contributed by atoms with Crippen LogP contribution in [-0.2, 0) is 0 Å². The second-order valence-corrected chi connectivity index (χ2v) is 10.2. The topological polar surface area (TPSA) is 77.6 Å². The zero-order chi connectivity index (χ0) is 27.6. The van der Waals surface area contributed by atoms with E-state index in [9.17, 15) is 18.0 Å². The molecule has 2 aliphatic rings. The van der Waals surface area contributed by atoms with Gasteiger partial charge >= 0.3 is 6.36 Å². The Kier molecular flexibility index (Phi) is 7.99. The van der Waals surface area contributed by atoms with Crippen LogP contribution in [0.4, 0.5) is 19.0 Å². The molecular weight excluding hydrogens is 533 g/mol. The lowest BCUT2D eigenvalue weighted by Gasteiger charge is -2.47. The van der Waals surface area contributed by atoms with Gasteiger partial charge in [0.2, 0.25) is 0 Å². The number of carbonyl (C=O) groups is 1. The Hall–Kier alpha value is -3.31. The standard InChI is InChI=1S/C27H30ClF3N6O2/c1-2-20-17-36(25-23(28)15-19(16-34-25)24-32-9-10-33-24)13-14-37(20)21-7-11-35(12-8-21)26(38)18-3-5-22(6-4-18)39-27(29,30)31/h3-6,9-10,15-16,20-21H,2,7-8,11-14,17H2,1H3,(H,32,33)/t20-/m0/s1. The molecule has 3 aromatic rings. The van der Waals surface area contributed by atoms with Crippen molar-refractivity contribution < 1.29 is 22.7 Å². The second kappa shape index (κ2) is 11.4. The number of aromatic amines is 1. The van der Waals surface area contributed by atoms with E-state index in [1.54, 1.807) is 23.5 Å². The molecule has 8 nitrogen and oxygen atoms in total. The van der Waals surface area contributed by atoms with E-state index in [4.69, 9.17) is 11.6 Å². The third kappa shape index (κ3) is 6.30. The van der Waals surface area contributed by atoms with E-state index in [0.29, 0.717) is 35.8 Å². The van der Waals surface area contributed by atoms with Gasteiger partial charge in [0, 0.05) is 74.5 Å². The van der Waals surface area contributed by atoms with E-state index in [1.165, 1.54) is 24.3 Å². The molecule has 2 fully saturated rings. The average Bonchev–Trinajstić information content (AvgIpc) is 3.47. The van der Waals surface area contributed by atoms with Crippen molar-refractivity contribution in [3.63, 3.8) is 0 Å². The molecule has 2 aromatic heterocycles. The van der Waals surface area contributed by atoms with Crippen molar-refractivity contribution in [2.75, 3.05) is 37.6 Å². The number of nitrogens with zero attached hydrogens (tertiary/aromatic N) is 5. The number of piperidine rings is 1. The Morgan fingerprint density at radius 3 is 2.49 bits per heavy atom. The molecule has 4 heterocycles. The maximum atomic E-state index is 12.9. The molecule has 0 radical (unpaired) electrons. The lowest BCUT2D eigenvalue weighted by atomic mass is 9.97. The molecule has 208 valence electrons.